The van der Waals surface area contributed by atoms with Crippen LogP contribution in [0.15, 0.2) is 42.7 Å². The molecule has 0 bridgehead atoms. The lowest BCUT2D eigenvalue weighted by molar-refractivity contribution is -0.385. The lowest BCUT2D eigenvalue weighted by atomic mass is 10.1. The Morgan fingerprint density at radius 1 is 1.22 bits per heavy atom. The van der Waals surface area contributed by atoms with Gasteiger partial charge in [0.2, 0.25) is 0 Å². The third kappa shape index (κ3) is 2.94. The smallest absolute Gasteiger partial charge is 0.274 e. The summed E-state index contributed by atoms with van der Waals surface area (Å²) in [5.41, 5.74) is 1.79. The number of hydrogen-bond donors (Lipinski definition) is 1. The van der Waals surface area contributed by atoms with Gasteiger partial charge in [0, 0.05) is 22.7 Å². The predicted octanol–water partition coefficient (Wildman–Crippen LogP) is 3.98. The number of nitro benzene ring substituents is 1. The van der Waals surface area contributed by atoms with Gasteiger partial charge < -0.3 is 5.32 Å². The van der Waals surface area contributed by atoms with Crippen molar-refractivity contribution in [2.45, 2.75) is 13.3 Å². The molecule has 0 radical (unpaired) electrons. The van der Waals surface area contributed by atoms with Crippen LogP contribution in [-0.2, 0) is 6.42 Å². The summed E-state index contributed by atoms with van der Waals surface area (Å²) >= 11 is 0. The highest BCUT2D eigenvalue weighted by Crippen LogP contribution is 2.28. The molecule has 1 aromatic heterocycles. The zero-order valence-electron chi connectivity index (χ0n) is 12.3. The van der Waals surface area contributed by atoms with Crippen molar-refractivity contribution in [3.05, 3.63) is 64.2 Å². The molecule has 0 unspecified atom stereocenters. The predicted molar refractivity (Wildman–Crippen MR) is 85.3 cm³/mol. The molecular formula is C16H13FN4O2. The van der Waals surface area contributed by atoms with E-state index in [4.69, 9.17) is 0 Å². The van der Waals surface area contributed by atoms with Crippen molar-refractivity contribution in [2.24, 2.45) is 0 Å². The minimum Gasteiger partial charge on any atom is -0.339 e. The van der Waals surface area contributed by atoms with E-state index in [1.165, 1.54) is 24.5 Å². The molecule has 0 spiro atoms. The summed E-state index contributed by atoms with van der Waals surface area (Å²) < 4.78 is 13.5. The van der Waals surface area contributed by atoms with Crippen molar-refractivity contribution in [1.82, 2.24) is 9.97 Å². The molecule has 3 aromatic rings. The van der Waals surface area contributed by atoms with Gasteiger partial charge in [0.05, 0.1) is 10.4 Å². The van der Waals surface area contributed by atoms with Gasteiger partial charge in [-0.2, -0.15) is 0 Å². The Bertz CT molecular complexity index is 898. The van der Waals surface area contributed by atoms with Crippen LogP contribution in [0.3, 0.4) is 0 Å². The van der Waals surface area contributed by atoms with Gasteiger partial charge in [0.25, 0.3) is 5.69 Å². The minimum absolute atomic E-state index is 0.0436. The van der Waals surface area contributed by atoms with E-state index in [9.17, 15) is 14.5 Å². The Labute approximate surface area is 131 Å². The molecule has 1 heterocycles. The molecule has 116 valence electrons. The number of nitro groups is 1. The summed E-state index contributed by atoms with van der Waals surface area (Å²) in [4.78, 5) is 18.9. The lowest BCUT2D eigenvalue weighted by Crippen LogP contribution is -1.99. The highest BCUT2D eigenvalue weighted by molar-refractivity contribution is 5.90. The molecule has 23 heavy (non-hydrogen) atoms. The average Bonchev–Trinajstić information content (AvgIpc) is 2.55. The number of anilines is 2. The van der Waals surface area contributed by atoms with Crippen LogP contribution in [0.2, 0.25) is 0 Å². The van der Waals surface area contributed by atoms with E-state index < -0.39 is 10.7 Å². The number of hydrogen-bond acceptors (Lipinski definition) is 5. The van der Waals surface area contributed by atoms with Crippen molar-refractivity contribution in [3.8, 4) is 0 Å². The molecule has 0 atom stereocenters. The Kier molecular flexibility index (Phi) is 3.84. The quantitative estimate of drug-likeness (QED) is 0.582. The summed E-state index contributed by atoms with van der Waals surface area (Å²) in [6.07, 6.45) is 1.93. The second-order valence-electron chi connectivity index (χ2n) is 4.96. The maximum absolute atomic E-state index is 13.5. The Balaban J connectivity index is 2.04. The van der Waals surface area contributed by atoms with Gasteiger partial charge in [-0.1, -0.05) is 13.0 Å². The van der Waals surface area contributed by atoms with Crippen molar-refractivity contribution >= 4 is 28.1 Å². The third-order valence-electron chi connectivity index (χ3n) is 3.52. The van der Waals surface area contributed by atoms with Crippen LogP contribution in [0.25, 0.3) is 10.9 Å². The van der Waals surface area contributed by atoms with E-state index in [1.807, 2.05) is 6.92 Å². The Morgan fingerprint density at radius 3 is 2.78 bits per heavy atom. The number of halogens is 1. The molecule has 0 aliphatic rings. The number of aryl methyl sites for hydroxylation is 1. The van der Waals surface area contributed by atoms with E-state index >= 15 is 0 Å². The molecule has 2 aromatic carbocycles. The van der Waals surface area contributed by atoms with Crippen LogP contribution in [-0.4, -0.2) is 14.9 Å². The number of fused-ring (bicyclic) bond motifs is 1. The fourth-order valence-corrected chi connectivity index (χ4v) is 2.38. The number of aromatic nitrogens is 2. The van der Waals surface area contributed by atoms with Crippen molar-refractivity contribution < 1.29 is 9.31 Å². The van der Waals surface area contributed by atoms with Gasteiger partial charge in [0.15, 0.2) is 0 Å². The number of nitrogens with one attached hydrogen (secondary N) is 1. The zero-order valence-corrected chi connectivity index (χ0v) is 12.3. The Hall–Kier alpha value is -3.09. The highest BCUT2D eigenvalue weighted by Gasteiger charge is 2.14. The average molecular weight is 312 g/mol. The van der Waals surface area contributed by atoms with Gasteiger partial charge >= 0.3 is 0 Å². The summed E-state index contributed by atoms with van der Waals surface area (Å²) in [7, 11) is 0. The van der Waals surface area contributed by atoms with Gasteiger partial charge in [-0.3, -0.25) is 10.1 Å². The molecule has 1 N–H and O–H groups in total. The lowest BCUT2D eigenvalue weighted by Gasteiger charge is -2.09. The van der Waals surface area contributed by atoms with E-state index in [-0.39, 0.29) is 5.69 Å². The van der Waals surface area contributed by atoms with Crippen LogP contribution >= 0.6 is 0 Å². The first-order valence-electron chi connectivity index (χ1n) is 7.03. The molecule has 3 rings (SSSR count). The SMILES string of the molecule is CCc1ccc(Nc2ncnc3ccc(F)cc23)cc1[N+](=O)[O-]. The fourth-order valence-electron chi connectivity index (χ4n) is 2.38. The second kappa shape index (κ2) is 5.96. The van der Waals surface area contributed by atoms with Gasteiger partial charge in [-0.25, -0.2) is 14.4 Å². The van der Waals surface area contributed by atoms with Crippen LogP contribution in [0.1, 0.15) is 12.5 Å². The summed E-state index contributed by atoms with van der Waals surface area (Å²) in [5.74, 6) is -0.00397. The third-order valence-corrected chi connectivity index (χ3v) is 3.52. The molecule has 0 amide bonds. The van der Waals surface area contributed by atoms with Crippen LogP contribution in [0.4, 0.5) is 21.6 Å². The second-order valence-corrected chi connectivity index (χ2v) is 4.96. The van der Waals surface area contributed by atoms with Crippen molar-refractivity contribution in [3.63, 3.8) is 0 Å². The topological polar surface area (TPSA) is 81.0 Å². The number of rotatable bonds is 4. The van der Waals surface area contributed by atoms with E-state index in [0.717, 1.165) is 0 Å². The molecule has 0 fully saturated rings. The van der Waals surface area contributed by atoms with Crippen LogP contribution in [0, 0.1) is 15.9 Å². The largest absolute Gasteiger partial charge is 0.339 e. The molecule has 7 heteroatoms. The zero-order chi connectivity index (χ0) is 16.4. The number of nitrogens with zero attached hydrogens (tertiary/aromatic N) is 3. The number of benzene rings is 2. The highest BCUT2D eigenvalue weighted by atomic mass is 19.1. The van der Waals surface area contributed by atoms with E-state index in [0.29, 0.717) is 34.4 Å². The fraction of sp³-hybridized carbons (Fsp3) is 0.125. The summed E-state index contributed by atoms with van der Waals surface area (Å²) in [6, 6.07) is 9.09. The summed E-state index contributed by atoms with van der Waals surface area (Å²) in [6.45, 7) is 1.86. The van der Waals surface area contributed by atoms with Crippen LogP contribution < -0.4 is 5.32 Å². The van der Waals surface area contributed by atoms with Crippen molar-refractivity contribution in [2.75, 3.05) is 5.32 Å². The molecule has 0 saturated carbocycles. The van der Waals surface area contributed by atoms with Crippen molar-refractivity contribution in [1.29, 1.82) is 0 Å². The van der Waals surface area contributed by atoms with Gasteiger partial charge in [-0.15, -0.1) is 0 Å². The molecule has 0 aliphatic heterocycles. The first kappa shape index (κ1) is 14.8. The van der Waals surface area contributed by atoms with Gasteiger partial charge in [-0.05, 0) is 30.7 Å². The standard InChI is InChI=1S/C16H13FN4O2/c1-2-10-3-5-12(8-15(10)21(22)23)20-16-13-7-11(17)4-6-14(13)18-9-19-16/h3-9H,2H2,1H3,(H,18,19,20). The molecule has 6 nitrogen and oxygen atoms in total. The first-order valence-corrected chi connectivity index (χ1v) is 7.03. The molecular weight excluding hydrogens is 299 g/mol. The monoisotopic (exact) mass is 312 g/mol. The van der Waals surface area contributed by atoms with E-state index in [1.54, 1.807) is 18.2 Å². The first-order chi connectivity index (χ1) is 11.1. The summed E-state index contributed by atoms with van der Waals surface area (Å²) in [5, 5.41) is 14.7. The molecule has 0 saturated heterocycles. The minimum atomic E-state index is -0.415. The van der Waals surface area contributed by atoms with E-state index in [2.05, 4.69) is 15.3 Å². The normalized spacial score (nSPS) is 10.7. The van der Waals surface area contributed by atoms with Gasteiger partial charge in [0.1, 0.15) is 18.0 Å². The molecule has 0 aliphatic carbocycles. The van der Waals surface area contributed by atoms with Crippen LogP contribution in [0.5, 0.6) is 0 Å². The maximum Gasteiger partial charge on any atom is 0.274 e. The Morgan fingerprint density at radius 2 is 2.04 bits per heavy atom. The maximum atomic E-state index is 13.5.